The minimum Gasteiger partial charge on any atom is -0.338 e. The fraction of sp³-hybridized carbons (Fsp3) is 0.417. The van der Waals surface area contributed by atoms with E-state index in [-0.39, 0.29) is 17.6 Å². The van der Waals surface area contributed by atoms with Crippen LogP contribution in [0.1, 0.15) is 54.5 Å². The number of alkyl halides is 3. The summed E-state index contributed by atoms with van der Waals surface area (Å²) in [6.07, 6.45) is 0.224. The molecule has 36 heavy (non-hydrogen) atoms. The summed E-state index contributed by atoms with van der Waals surface area (Å²) in [6, 6.07) is 6.19. The van der Waals surface area contributed by atoms with E-state index in [1.807, 2.05) is 0 Å². The van der Waals surface area contributed by atoms with Crippen LogP contribution in [0.15, 0.2) is 29.6 Å². The Hall–Kier alpha value is -3.41. The van der Waals surface area contributed by atoms with Crippen LogP contribution in [-0.2, 0) is 11.0 Å². The lowest BCUT2D eigenvalue weighted by Gasteiger charge is -2.26. The molecule has 4 rings (SSSR count). The smallest absolute Gasteiger partial charge is 0.338 e. The molecule has 8 nitrogen and oxygen atoms in total. The number of benzene rings is 1. The number of amides is 3. The van der Waals surface area contributed by atoms with Crippen LogP contribution in [0.3, 0.4) is 0 Å². The highest BCUT2D eigenvalue weighted by Crippen LogP contribution is 2.33. The Morgan fingerprint density at radius 2 is 1.89 bits per heavy atom. The van der Waals surface area contributed by atoms with E-state index < -0.39 is 28.8 Å². The molecule has 0 unspecified atom stereocenters. The van der Waals surface area contributed by atoms with Gasteiger partial charge in [-0.1, -0.05) is 25.3 Å². The fourth-order valence-electron chi connectivity index (χ4n) is 4.38. The Morgan fingerprint density at radius 3 is 2.53 bits per heavy atom. The minimum atomic E-state index is -4.66. The van der Waals surface area contributed by atoms with Crippen LogP contribution in [0.2, 0.25) is 0 Å². The van der Waals surface area contributed by atoms with E-state index in [1.54, 1.807) is 43.1 Å². The Morgan fingerprint density at radius 1 is 1.17 bits per heavy atom. The summed E-state index contributed by atoms with van der Waals surface area (Å²) in [7, 11) is 1.70. The first-order valence-electron chi connectivity index (χ1n) is 11.7. The number of halogens is 3. The highest BCUT2D eigenvalue weighted by molar-refractivity contribution is 7.10. The van der Waals surface area contributed by atoms with Gasteiger partial charge < -0.3 is 15.5 Å². The van der Waals surface area contributed by atoms with Gasteiger partial charge >= 0.3 is 12.2 Å². The molecule has 1 saturated carbocycles. The fourth-order valence-corrected chi connectivity index (χ4v) is 5.05. The van der Waals surface area contributed by atoms with E-state index in [4.69, 9.17) is 0 Å². The Labute approximate surface area is 209 Å². The van der Waals surface area contributed by atoms with Crippen LogP contribution < -0.4 is 15.5 Å². The van der Waals surface area contributed by atoms with E-state index in [1.165, 1.54) is 4.57 Å². The maximum Gasteiger partial charge on any atom is 0.443 e. The van der Waals surface area contributed by atoms with Gasteiger partial charge in [0.15, 0.2) is 5.01 Å². The van der Waals surface area contributed by atoms with Gasteiger partial charge in [0.25, 0.3) is 5.91 Å². The van der Waals surface area contributed by atoms with Gasteiger partial charge in [-0.15, -0.1) is 11.3 Å². The molecule has 1 aliphatic rings. The molecule has 1 aromatic carbocycles. The first-order valence-corrected chi connectivity index (χ1v) is 12.5. The van der Waals surface area contributed by atoms with E-state index in [0.29, 0.717) is 34.5 Å². The van der Waals surface area contributed by atoms with Gasteiger partial charge in [0.2, 0.25) is 5.91 Å². The highest BCUT2D eigenvalue weighted by Gasteiger charge is 2.35. The lowest BCUT2D eigenvalue weighted by molar-refractivity contribution is -0.137. The lowest BCUT2D eigenvalue weighted by atomic mass is 9.88. The van der Waals surface area contributed by atoms with Crippen LogP contribution in [0.25, 0.3) is 10.9 Å². The number of rotatable bonds is 5. The number of carbonyl (C=O) groups excluding carboxylic acids is 3. The van der Waals surface area contributed by atoms with Crippen LogP contribution in [0, 0.1) is 5.92 Å². The normalized spacial score (nSPS) is 14.6. The molecule has 0 bridgehead atoms. The summed E-state index contributed by atoms with van der Waals surface area (Å²) < 4.78 is 39.9. The number of anilines is 2. The second kappa shape index (κ2) is 10.3. The molecule has 0 aliphatic heterocycles. The van der Waals surface area contributed by atoms with Crippen molar-refractivity contribution in [2.45, 2.75) is 45.2 Å². The van der Waals surface area contributed by atoms with Crippen molar-refractivity contribution in [1.82, 2.24) is 14.9 Å². The largest absolute Gasteiger partial charge is 0.443 e. The van der Waals surface area contributed by atoms with Gasteiger partial charge in [-0.2, -0.15) is 13.2 Å². The van der Waals surface area contributed by atoms with Crippen molar-refractivity contribution in [2.24, 2.45) is 5.92 Å². The number of hydrogen-bond donors (Lipinski definition) is 2. The summed E-state index contributed by atoms with van der Waals surface area (Å²) in [5, 5.41) is 5.66. The quantitative estimate of drug-likeness (QED) is 0.464. The van der Waals surface area contributed by atoms with E-state index >= 15 is 0 Å². The zero-order valence-corrected chi connectivity index (χ0v) is 20.6. The van der Waals surface area contributed by atoms with Gasteiger partial charge in [-0.3, -0.25) is 9.59 Å². The molecular weight excluding hydrogens is 495 g/mol. The number of aromatic nitrogens is 2. The number of hydrogen-bond acceptors (Lipinski definition) is 5. The zero-order chi connectivity index (χ0) is 26.0. The summed E-state index contributed by atoms with van der Waals surface area (Å²) >= 11 is 0.318. The average Bonchev–Trinajstić information content (AvgIpc) is 3.48. The number of carbonyl (C=O) groups is 3. The average molecular weight is 522 g/mol. The van der Waals surface area contributed by atoms with Gasteiger partial charge in [0, 0.05) is 36.0 Å². The zero-order valence-electron chi connectivity index (χ0n) is 19.8. The summed E-state index contributed by atoms with van der Waals surface area (Å²) in [5.74, 6) is -0.826. The SMILES string of the molecule is CCNC(=O)n1c(NC(=O)c2csc(C(F)(F)F)n2)cc2ccc(N(C)C(=O)C3CCCCC3)cc21. The number of thiazole rings is 1. The third-order valence-corrected chi connectivity index (χ3v) is 7.10. The monoisotopic (exact) mass is 521 g/mol. The number of nitrogens with one attached hydrogen (secondary N) is 2. The molecule has 0 saturated heterocycles. The highest BCUT2D eigenvalue weighted by atomic mass is 32.1. The number of nitrogens with zero attached hydrogens (tertiary/aromatic N) is 3. The van der Waals surface area contributed by atoms with Gasteiger partial charge in [-0.25, -0.2) is 14.3 Å². The van der Waals surface area contributed by atoms with Crippen molar-refractivity contribution in [2.75, 3.05) is 23.8 Å². The Bertz CT molecular complexity index is 1290. The maximum absolute atomic E-state index is 13.0. The molecule has 12 heteroatoms. The maximum atomic E-state index is 13.0. The molecule has 0 spiro atoms. The molecule has 1 aliphatic carbocycles. The second-order valence-corrected chi connectivity index (χ2v) is 9.52. The van der Waals surface area contributed by atoms with E-state index in [0.717, 1.165) is 37.5 Å². The first kappa shape index (κ1) is 25.7. The van der Waals surface area contributed by atoms with Crippen LogP contribution >= 0.6 is 11.3 Å². The van der Waals surface area contributed by atoms with E-state index in [2.05, 4.69) is 15.6 Å². The third kappa shape index (κ3) is 5.23. The molecule has 0 radical (unpaired) electrons. The molecule has 2 aromatic heterocycles. The van der Waals surface area contributed by atoms with Crippen molar-refractivity contribution < 1.29 is 27.6 Å². The first-order chi connectivity index (χ1) is 17.1. The molecule has 2 N–H and O–H groups in total. The molecule has 1 fully saturated rings. The van der Waals surface area contributed by atoms with Crippen LogP contribution in [-0.4, -0.2) is 41.0 Å². The summed E-state index contributed by atoms with van der Waals surface area (Å²) in [4.78, 5) is 43.6. The summed E-state index contributed by atoms with van der Waals surface area (Å²) in [6.45, 7) is 2.05. The number of fused-ring (bicyclic) bond motifs is 1. The predicted octanol–water partition coefficient (Wildman–Crippen LogP) is 5.49. The van der Waals surface area contributed by atoms with Gasteiger partial charge in [-0.05, 0) is 38.0 Å². The van der Waals surface area contributed by atoms with Gasteiger partial charge in [0.05, 0.1) is 5.52 Å². The Kier molecular flexibility index (Phi) is 7.34. The van der Waals surface area contributed by atoms with E-state index in [9.17, 15) is 27.6 Å². The Balaban J connectivity index is 1.67. The van der Waals surface area contributed by atoms with Crippen molar-refractivity contribution in [3.63, 3.8) is 0 Å². The molecular formula is C24H26F3N5O3S. The van der Waals surface area contributed by atoms with Crippen LogP contribution in [0.4, 0.5) is 29.5 Å². The van der Waals surface area contributed by atoms with Crippen molar-refractivity contribution >= 4 is 51.6 Å². The molecule has 2 heterocycles. The van der Waals surface area contributed by atoms with Crippen molar-refractivity contribution in [3.05, 3.63) is 40.3 Å². The lowest BCUT2D eigenvalue weighted by Crippen LogP contribution is -2.34. The standard InChI is InChI=1S/C24H26F3N5O3S/c1-3-28-23(35)32-18-12-16(31(2)21(34)14-7-5-4-6-8-14)10-9-15(18)11-19(32)30-20(33)17-13-36-22(29-17)24(25,26)27/h9-14H,3-8H2,1-2H3,(H,28,35)(H,30,33). The van der Waals surface area contributed by atoms with Crippen molar-refractivity contribution in [1.29, 1.82) is 0 Å². The molecule has 192 valence electrons. The molecule has 3 amide bonds. The minimum absolute atomic E-state index is 0.0164. The van der Waals surface area contributed by atoms with Crippen LogP contribution in [0.5, 0.6) is 0 Å². The predicted molar refractivity (Wildman–Crippen MR) is 131 cm³/mol. The topological polar surface area (TPSA) is 96.3 Å². The van der Waals surface area contributed by atoms with Crippen molar-refractivity contribution in [3.8, 4) is 0 Å². The third-order valence-electron chi connectivity index (χ3n) is 6.21. The second-order valence-electron chi connectivity index (χ2n) is 8.67. The van der Waals surface area contributed by atoms with Gasteiger partial charge in [0.1, 0.15) is 11.5 Å². The summed E-state index contributed by atoms with van der Waals surface area (Å²) in [5.41, 5.74) is 0.624. The molecule has 3 aromatic rings. The molecule has 0 atom stereocenters.